The number of aromatic nitrogens is 1. The molecule has 1 aliphatic rings. The second kappa shape index (κ2) is 11.7. The van der Waals surface area contributed by atoms with Crippen LogP contribution in [-0.2, 0) is 19.1 Å². The van der Waals surface area contributed by atoms with Crippen LogP contribution in [0.15, 0.2) is 70.2 Å². The van der Waals surface area contributed by atoms with Crippen LogP contribution in [0.1, 0.15) is 39.2 Å². The fraction of sp³-hybridized carbons (Fsp3) is 0.286. The van der Waals surface area contributed by atoms with Crippen LogP contribution in [0.4, 0.5) is 10.8 Å². The first-order chi connectivity index (χ1) is 17.8. The number of hydrogen-bond donors (Lipinski definition) is 1. The molecule has 0 spiro atoms. The van der Waals surface area contributed by atoms with Gasteiger partial charge in [-0.3, -0.25) is 9.79 Å². The number of carbonyl (C=O) groups excluding carboxylic acids is 2. The summed E-state index contributed by atoms with van der Waals surface area (Å²) < 4.78 is 10.8. The number of anilines is 2. The van der Waals surface area contributed by atoms with Gasteiger partial charge < -0.3 is 14.8 Å². The Kier molecular flexibility index (Phi) is 8.41. The van der Waals surface area contributed by atoms with Crippen molar-refractivity contribution in [2.45, 2.75) is 33.6 Å². The van der Waals surface area contributed by atoms with Crippen molar-refractivity contribution in [3.63, 3.8) is 0 Å². The van der Waals surface area contributed by atoms with E-state index in [1.807, 2.05) is 53.9 Å². The third-order valence-electron chi connectivity index (χ3n) is 6.03. The quantitative estimate of drug-likeness (QED) is 0.318. The van der Waals surface area contributed by atoms with E-state index in [1.54, 1.807) is 27.7 Å². The molecule has 9 heteroatoms. The monoisotopic (exact) mass is 537 g/mol. The van der Waals surface area contributed by atoms with Crippen LogP contribution >= 0.6 is 22.9 Å². The summed E-state index contributed by atoms with van der Waals surface area (Å²) in [5.41, 5.74) is 4.62. The molecule has 2 aromatic carbocycles. The average molecular weight is 538 g/mol. The number of hydrogen-bond acceptors (Lipinski definition) is 8. The summed E-state index contributed by atoms with van der Waals surface area (Å²) in [7, 11) is 0. The SMILES string of the molecule is CCOC(=O)C1=C(C)N=C(C)C(C(=O)OCC)C1c1ccccc1Nc1nc(-c2cccc(Cl)c2)cs1. The topological polar surface area (TPSA) is 89.9 Å². The molecule has 0 aliphatic carbocycles. The van der Waals surface area contributed by atoms with E-state index in [9.17, 15) is 9.59 Å². The molecule has 1 N–H and O–H groups in total. The molecule has 3 aromatic rings. The normalized spacial score (nSPS) is 17.3. The van der Waals surface area contributed by atoms with Gasteiger partial charge in [0.2, 0.25) is 0 Å². The van der Waals surface area contributed by atoms with Gasteiger partial charge in [-0.2, -0.15) is 0 Å². The zero-order valence-corrected chi connectivity index (χ0v) is 22.7. The Hall–Kier alpha value is -3.49. The Bertz CT molecular complexity index is 1380. The van der Waals surface area contributed by atoms with Crippen LogP contribution in [0.25, 0.3) is 11.3 Å². The number of rotatable bonds is 8. The first kappa shape index (κ1) is 26.6. The van der Waals surface area contributed by atoms with Gasteiger partial charge in [0.05, 0.1) is 24.5 Å². The van der Waals surface area contributed by atoms with E-state index in [1.165, 1.54) is 11.3 Å². The number of nitrogens with one attached hydrogen (secondary N) is 1. The van der Waals surface area contributed by atoms with Crippen LogP contribution < -0.4 is 5.32 Å². The van der Waals surface area contributed by atoms with Crippen LogP contribution in [0.3, 0.4) is 0 Å². The lowest BCUT2D eigenvalue weighted by atomic mass is 9.75. The smallest absolute Gasteiger partial charge is 0.336 e. The molecule has 0 saturated heterocycles. The van der Waals surface area contributed by atoms with Gasteiger partial charge in [0.15, 0.2) is 5.13 Å². The summed E-state index contributed by atoms with van der Waals surface area (Å²) in [6, 6.07) is 15.1. The van der Waals surface area contributed by atoms with Crippen LogP contribution in [0.5, 0.6) is 0 Å². The minimum Gasteiger partial charge on any atom is -0.465 e. The van der Waals surface area contributed by atoms with Crippen LogP contribution in [0.2, 0.25) is 5.02 Å². The van der Waals surface area contributed by atoms with E-state index in [4.69, 9.17) is 26.1 Å². The Balaban J connectivity index is 1.77. The second-order valence-corrected chi connectivity index (χ2v) is 9.74. The lowest BCUT2D eigenvalue weighted by molar-refractivity contribution is -0.146. The molecule has 7 nitrogen and oxygen atoms in total. The number of ether oxygens (including phenoxy) is 2. The van der Waals surface area contributed by atoms with Crippen molar-refractivity contribution >= 4 is 51.4 Å². The number of benzene rings is 2. The van der Waals surface area contributed by atoms with Gasteiger partial charge in [-0.05, 0) is 51.5 Å². The molecule has 2 atom stereocenters. The van der Waals surface area contributed by atoms with Gasteiger partial charge in [0.1, 0.15) is 5.92 Å². The molecule has 0 saturated carbocycles. The number of allylic oxidation sites excluding steroid dienone is 1. The number of aliphatic imine (C=N–C) groups is 1. The predicted molar refractivity (Wildman–Crippen MR) is 148 cm³/mol. The number of esters is 2. The number of para-hydroxylation sites is 1. The molecular formula is C28H28ClN3O4S. The summed E-state index contributed by atoms with van der Waals surface area (Å²) in [6.45, 7) is 7.48. The molecule has 192 valence electrons. The molecule has 1 aromatic heterocycles. The highest BCUT2D eigenvalue weighted by Gasteiger charge is 2.43. The summed E-state index contributed by atoms with van der Waals surface area (Å²) in [4.78, 5) is 35.6. The highest BCUT2D eigenvalue weighted by molar-refractivity contribution is 7.14. The number of nitrogens with zero attached hydrogens (tertiary/aromatic N) is 2. The number of thiazole rings is 1. The van der Waals surface area contributed by atoms with E-state index in [-0.39, 0.29) is 13.2 Å². The Labute approximate surface area is 225 Å². The van der Waals surface area contributed by atoms with Gasteiger partial charge in [0, 0.05) is 39.0 Å². The highest BCUT2D eigenvalue weighted by Crippen LogP contribution is 2.43. The fourth-order valence-corrected chi connectivity index (χ4v) is 5.42. The lowest BCUT2D eigenvalue weighted by Crippen LogP contribution is -2.36. The molecule has 1 aliphatic heterocycles. The zero-order chi connectivity index (χ0) is 26.5. The third-order valence-corrected chi connectivity index (χ3v) is 7.02. The van der Waals surface area contributed by atoms with Gasteiger partial charge in [-0.1, -0.05) is 41.9 Å². The Morgan fingerprint density at radius 3 is 2.54 bits per heavy atom. The maximum absolute atomic E-state index is 13.2. The zero-order valence-electron chi connectivity index (χ0n) is 21.1. The van der Waals surface area contributed by atoms with Crippen molar-refractivity contribution in [1.29, 1.82) is 0 Å². The molecule has 2 heterocycles. The van der Waals surface area contributed by atoms with Gasteiger partial charge in [-0.25, -0.2) is 9.78 Å². The van der Waals surface area contributed by atoms with Gasteiger partial charge >= 0.3 is 11.9 Å². The van der Waals surface area contributed by atoms with Crippen molar-refractivity contribution < 1.29 is 19.1 Å². The molecule has 4 rings (SSSR count). The van der Waals surface area contributed by atoms with E-state index in [2.05, 4.69) is 10.3 Å². The number of carbonyl (C=O) groups is 2. The molecule has 0 amide bonds. The highest BCUT2D eigenvalue weighted by atomic mass is 35.5. The largest absolute Gasteiger partial charge is 0.465 e. The van der Waals surface area contributed by atoms with Gasteiger partial charge in [-0.15, -0.1) is 11.3 Å². The predicted octanol–water partition coefficient (Wildman–Crippen LogP) is 6.78. The third kappa shape index (κ3) is 5.76. The molecule has 0 fully saturated rings. The Morgan fingerprint density at radius 2 is 1.81 bits per heavy atom. The summed E-state index contributed by atoms with van der Waals surface area (Å²) in [5.74, 6) is -2.35. The van der Waals surface area contributed by atoms with Crippen LogP contribution in [-0.4, -0.2) is 35.8 Å². The minimum atomic E-state index is -0.774. The summed E-state index contributed by atoms with van der Waals surface area (Å²) in [6.07, 6.45) is 0. The summed E-state index contributed by atoms with van der Waals surface area (Å²) >= 11 is 7.60. The average Bonchev–Trinajstić information content (AvgIpc) is 3.33. The lowest BCUT2D eigenvalue weighted by Gasteiger charge is -2.32. The minimum absolute atomic E-state index is 0.209. The standard InChI is InChI=1S/C28H28ClN3O4S/c1-5-35-26(33)23-16(3)30-17(4)24(27(34)36-6-2)25(23)20-12-7-8-13-21(20)31-28-32-22(15-37-28)18-10-9-11-19(29)14-18/h7-15,23,25H,5-6H2,1-4H3,(H,31,32). The van der Waals surface area contributed by atoms with E-state index in [0.29, 0.717) is 27.1 Å². The first-order valence-corrected chi connectivity index (χ1v) is 13.3. The maximum Gasteiger partial charge on any atom is 0.336 e. The molecule has 2 unspecified atom stereocenters. The molecular weight excluding hydrogens is 510 g/mol. The fourth-order valence-electron chi connectivity index (χ4n) is 4.49. The maximum atomic E-state index is 13.2. The van der Waals surface area contributed by atoms with Crippen molar-refractivity contribution in [2.75, 3.05) is 18.5 Å². The van der Waals surface area contributed by atoms with Crippen LogP contribution in [0, 0.1) is 5.92 Å². The molecule has 0 bridgehead atoms. The second-order valence-electron chi connectivity index (χ2n) is 8.44. The van der Waals surface area contributed by atoms with Crippen molar-refractivity contribution in [2.24, 2.45) is 10.9 Å². The van der Waals surface area contributed by atoms with Crippen molar-refractivity contribution in [3.05, 3.63) is 75.8 Å². The molecule has 0 radical (unpaired) electrons. The van der Waals surface area contributed by atoms with E-state index >= 15 is 0 Å². The first-order valence-electron chi connectivity index (χ1n) is 12.0. The Morgan fingerprint density at radius 1 is 1.05 bits per heavy atom. The van der Waals surface area contributed by atoms with E-state index in [0.717, 1.165) is 22.5 Å². The molecule has 37 heavy (non-hydrogen) atoms. The summed E-state index contributed by atoms with van der Waals surface area (Å²) in [5, 5.41) is 6.64. The van der Waals surface area contributed by atoms with Gasteiger partial charge in [0.25, 0.3) is 0 Å². The number of halogens is 1. The van der Waals surface area contributed by atoms with E-state index < -0.39 is 23.8 Å². The van der Waals surface area contributed by atoms with Crippen molar-refractivity contribution in [1.82, 2.24) is 4.98 Å². The van der Waals surface area contributed by atoms with Crippen molar-refractivity contribution in [3.8, 4) is 11.3 Å².